The van der Waals surface area contributed by atoms with E-state index in [4.69, 9.17) is 40.4 Å². The SMILES string of the molecule is Cc1cccc([N+](=O)[O-])c1O.Nc1cccc(C(=O)N2CCOCC2C(=O)O)c1O.O=C(O)C1COCCN1.O=C(O)C1COCCN1C(=O)c1cccc([N+](=O)[O-])c1O.O=C(ON1C(=O)CCC1=O)c1cccc([N+](=O)[O-])c1O. The minimum absolute atomic E-state index is 0.00634. The van der Waals surface area contributed by atoms with Crippen LogP contribution < -0.4 is 11.1 Å². The van der Waals surface area contributed by atoms with E-state index in [0.29, 0.717) is 23.8 Å². The molecule has 4 aromatic carbocycles. The quantitative estimate of drug-likeness (QED) is 0.0355. The second-order valence-corrected chi connectivity index (χ2v) is 16.5. The van der Waals surface area contributed by atoms with Gasteiger partial charge in [-0.25, -0.2) is 14.4 Å². The molecule has 4 heterocycles. The summed E-state index contributed by atoms with van der Waals surface area (Å²) in [4.78, 5) is 127. The van der Waals surface area contributed by atoms with Crippen LogP contribution in [0.1, 0.15) is 49.5 Å². The van der Waals surface area contributed by atoms with E-state index >= 15 is 0 Å². The Hall–Kier alpha value is -10.1. The fraction of sp³-hybridized carbons (Fsp3) is 0.319. The zero-order valence-corrected chi connectivity index (χ0v) is 41.7. The van der Waals surface area contributed by atoms with E-state index in [9.17, 15) is 84.0 Å². The Morgan fingerprint density at radius 2 is 1.00 bits per heavy atom. The number of anilines is 1. The van der Waals surface area contributed by atoms with Crippen LogP contribution in [-0.2, 0) is 43.0 Å². The number of ether oxygens (including phenoxy) is 3. The molecule has 0 spiro atoms. The second kappa shape index (κ2) is 28.9. The molecular weight excluding hydrogens is 1080 g/mol. The van der Waals surface area contributed by atoms with Crippen LogP contribution >= 0.6 is 0 Å². The number of nitrogen functional groups attached to an aromatic ring is 1. The maximum atomic E-state index is 12.3. The molecule has 0 saturated carbocycles. The van der Waals surface area contributed by atoms with Crippen molar-refractivity contribution < 1.29 is 108 Å². The number of imide groups is 1. The first-order valence-electron chi connectivity index (χ1n) is 23.1. The van der Waals surface area contributed by atoms with Crippen LogP contribution in [0, 0.1) is 37.3 Å². The summed E-state index contributed by atoms with van der Waals surface area (Å²) in [5.41, 5.74) is 3.75. The number of para-hydroxylation sites is 4. The summed E-state index contributed by atoms with van der Waals surface area (Å²) in [7, 11) is 0. The van der Waals surface area contributed by atoms with Crippen molar-refractivity contribution in [3.63, 3.8) is 0 Å². The third-order valence-corrected chi connectivity index (χ3v) is 11.3. The summed E-state index contributed by atoms with van der Waals surface area (Å²) in [5, 5.41) is 99.5. The Morgan fingerprint density at radius 3 is 1.41 bits per heavy atom. The summed E-state index contributed by atoms with van der Waals surface area (Å²) in [5.74, 6) is -9.42. The maximum absolute atomic E-state index is 12.3. The molecule has 33 nitrogen and oxygen atoms in total. The average molecular weight is 1130 g/mol. The number of carbonyl (C=O) groups is 8. The molecule has 0 radical (unpaired) electrons. The number of carbonyl (C=O) groups excluding carboxylic acids is 5. The van der Waals surface area contributed by atoms with Gasteiger partial charge in [0.05, 0.1) is 71.2 Å². The van der Waals surface area contributed by atoms with Gasteiger partial charge >= 0.3 is 40.9 Å². The predicted octanol–water partition coefficient (Wildman–Crippen LogP) is 1.32. The number of aromatic hydroxyl groups is 4. The summed E-state index contributed by atoms with van der Waals surface area (Å²) in [6.45, 7) is 3.52. The zero-order chi connectivity index (χ0) is 59.5. The number of nitro groups is 3. The minimum atomic E-state index is -1.24. The molecule has 428 valence electrons. The van der Waals surface area contributed by atoms with Crippen molar-refractivity contribution in [2.45, 2.75) is 37.9 Å². The van der Waals surface area contributed by atoms with Gasteiger partial charge < -0.3 is 75.6 Å². The highest BCUT2D eigenvalue weighted by Gasteiger charge is 2.37. The minimum Gasteiger partial charge on any atom is -0.505 e. The van der Waals surface area contributed by atoms with E-state index < -0.39 is 109 Å². The highest BCUT2D eigenvalue weighted by molar-refractivity contribution is 6.04. The monoisotopic (exact) mass is 1130 g/mol. The first-order valence-corrected chi connectivity index (χ1v) is 23.1. The van der Waals surface area contributed by atoms with E-state index in [1.165, 1.54) is 53.4 Å². The van der Waals surface area contributed by atoms with Gasteiger partial charge in [-0.2, -0.15) is 0 Å². The van der Waals surface area contributed by atoms with Gasteiger partial charge in [0.1, 0.15) is 11.6 Å². The van der Waals surface area contributed by atoms with E-state index in [1.54, 1.807) is 13.0 Å². The summed E-state index contributed by atoms with van der Waals surface area (Å²) < 4.78 is 15.0. The molecule has 0 aliphatic carbocycles. The zero-order valence-electron chi connectivity index (χ0n) is 41.7. The van der Waals surface area contributed by atoms with Gasteiger partial charge in [0.15, 0.2) is 23.6 Å². The number of carboxylic acids is 3. The highest BCUT2D eigenvalue weighted by Crippen LogP contribution is 2.33. The number of amides is 4. The van der Waals surface area contributed by atoms with Crippen LogP contribution in [0.2, 0.25) is 0 Å². The Morgan fingerprint density at radius 1 is 0.588 bits per heavy atom. The highest BCUT2D eigenvalue weighted by atomic mass is 16.7. The molecule has 33 heteroatoms. The Balaban J connectivity index is 0.000000222. The summed E-state index contributed by atoms with van der Waals surface area (Å²) >= 11 is 0. The summed E-state index contributed by atoms with van der Waals surface area (Å²) in [6, 6.07) is 12.8. The number of nitrogens with zero attached hydrogens (tertiary/aromatic N) is 6. The van der Waals surface area contributed by atoms with Crippen molar-refractivity contribution in [3.05, 3.63) is 125 Å². The second-order valence-electron chi connectivity index (χ2n) is 16.5. The van der Waals surface area contributed by atoms with E-state index in [2.05, 4.69) is 10.2 Å². The number of carboxylic acid groups (broad SMARTS) is 3. The lowest BCUT2D eigenvalue weighted by Gasteiger charge is -2.33. The molecule has 10 N–H and O–H groups in total. The van der Waals surface area contributed by atoms with Crippen molar-refractivity contribution >= 4 is 70.3 Å². The molecule has 4 aromatic rings. The molecule has 80 heavy (non-hydrogen) atoms. The van der Waals surface area contributed by atoms with Gasteiger partial charge in [-0.3, -0.25) is 54.3 Å². The van der Waals surface area contributed by atoms with Crippen molar-refractivity contribution in [1.29, 1.82) is 0 Å². The first-order chi connectivity index (χ1) is 37.8. The molecule has 4 saturated heterocycles. The standard InChI is InChI=1S/C12H12N2O7.C12H14N2O5.C11H8N2O7.C7H7NO3.C5H9NO3/c15-10-7(2-1-3-8(10)14(19)20)11(16)13-4-5-21-6-9(13)12(17)18;13-8-3-1-2-7(10(8)15)11(16)14-4-5-19-6-9(14)12(17)18;14-8-4-5-9(15)12(8)20-11(17)6-2-1-3-7(10(6)16)13(18)19;1-5-3-2-4-6(7(5)9)8(10)11;7-5(8)4-3-9-2-1-6-4/h1-3,9,15H,4-6H2,(H,17,18);1-3,9,15H,4-6,13H2,(H,17,18);1-3,16H,4-5H2;2-4,9H,1H3;4,6H,1-3H2,(H,7,8). The van der Waals surface area contributed by atoms with Gasteiger partial charge in [0, 0.05) is 50.7 Å². The number of phenols is 4. The number of aryl methyl sites for hydroxylation is 1. The van der Waals surface area contributed by atoms with E-state index in [0.717, 1.165) is 23.1 Å². The number of morpholine rings is 3. The van der Waals surface area contributed by atoms with Gasteiger partial charge in [-0.1, -0.05) is 30.3 Å². The van der Waals surface area contributed by atoms with Crippen LogP contribution in [0.4, 0.5) is 22.7 Å². The van der Waals surface area contributed by atoms with Crippen LogP contribution in [-0.4, -0.2) is 190 Å². The Bertz CT molecular complexity index is 3010. The number of phenolic OH excluding ortho intramolecular Hbond substituents is 4. The van der Waals surface area contributed by atoms with Gasteiger partial charge in [0.2, 0.25) is 11.5 Å². The number of aliphatic carboxylic acids is 3. The maximum Gasteiger partial charge on any atom is 0.367 e. The van der Waals surface area contributed by atoms with Gasteiger partial charge in [0.25, 0.3) is 23.6 Å². The third kappa shape index (κ3) is 16.2. The number of nitro benzene ring substituents is 3. The lowest BCUT2D eigenvalue weighted by molar-refractivity contribution is -0.386. The van der Waals surface area contributed by atoms with Crippen molar-refractivity contribution in [1.82, 2.24) is 20.2 Å². The van der Waals surface area contributed by atoms with Crippen LogP contribution in [0.15, 0.2) is 72.8 Å². The number of nitrogens with one attached hydrogen (secondary N) is 1. The molecule has 4 aliphatic heterocycles. The molecule has 4 amide bonds. The molecule has 0 bridgehead atoms. The predicted molar refractivity (Wildman–Crippen MR) is 265 cm³/mol. The smallest absolute Gasteiger partial charge is 0.367 e. The van der Waals surface area contributed by atoms with E-state index in [-0.39, 0.29) is 93.0 Å². The number of hydrogen-bond acceptors (Lipinski definition) is 24. The number of hydroxylamine groups is 2. The van der Waals surface area contributed by atoms with E-state index in [1.807, 2.05) is 0 Å². The van der Waals surface area contributed by atoms with Crippen LogP contribution in [0.25, 0.3) is 0 Å². The van der Waals surface area contributed by atoms with Crippen molar-refractivity contribution in [3.8, 4) is 23.0 Å². The van der Waals surface area contributed by atoms with Gasteiger partial charge in [-0.15, -0.1) is 5.06 Å². The fourth-order valence-corrected chi connectivity index (χ4v) is 7.15. The normalized spacial score (nSPS) is 17.4. The Kier molecular flexibility index (Phi) is 22.5. The molecule has 3 unspecified atom stereocenters. The molecule has 4 aliphatic rings. The number of nitrogens with two attached hydrogens (primary N) is 1. The number of benzene rings is 4. The van der Waals surface area contributed by atoms with Crippen LogP contribution in [0.3, 0.4) is 0 Å². The lowest BCUT2D eigenvalue weighted by atomic mass is 10.1. The largest absolute Gasteiger partial charge is 0.505 e. The van der Waals surface area contributed by atoms with Gasteiger partial charge in [-0.05, 0) is 36.8 Å². The van der Waals surface area contributed by atoms with Crippen molar-refractivity contribution in [2.24, 2.45) is 0 Å². The summed E-state index contributed by atoms with van der Waals surface area (Å²) in [6.07, 6.45) is -0.153. The number of hydrogen-bond donors (Lipinski definition) is 9. The van der Waals surface area contributed by atoms with Crippen molar-refractivity contribution in [2.75, 3.05) is 65.0 Å². The topological polar surface area (TPSA) is 492 Å². The molecule has 3 atom stereocenters. The third-order valence-electron chi connectivity index (χ3n) is 11.3. The average Bonchev–Trinajstić information content (AvgIpc) is 3.75. The first kappa shape index (κ1) is 62.4. The molecule has 0 aromatic heterocycles. The fourth-order valence-electron chi connectivity index (χ4n) is 7.15. The molecule has 4 fully saturated rings. The number of rotatable bonds is 10. The Labute approximate surface area is 448 Å². The lowest BCUT2D eigenvalue weighted by Crippen LogP contribution is -2.52. The van der Waals surface area contributed by atoms with Crippen LogP contribution in [0.5, 0.6) is 23.0 Å². The molecular formula is C47H50N8O25. The molecule has 8 rings (SSSR count).